The van der Waals surface area contributed by atoms with Crippen molar-refractivity contribution >= 4 is 23.4 Å². The predicted molar refractivity (Wildman–Crippen MR) is 96.7 cm³/mol. The van der Waals surface area contributed by atoms with E-state index in [2.05, 4.69) is 0 Å². The van der Waals surface area contributed by atoms with Gasteiger partial charge in [-0.2, -0.15) is 0 Å². The summed E-state index contributed by atoms with van der Waals surface area (Å²) in [6.07, 6.45) is 3.14. The molecule has 0 saturated carbocycles. The molecule has 5 nitrogen and oxygen atoms in total. The molecule has 1 unspecified atom stereocenters. The van der Waals surface area contributed by atoms with Gasteiger partial charge in [0.05, 0.1) is 0 Å². The van der Waals surface area contributed by atoms with Gasteiger partial charge in [0.2, 0.25) is 5.91 Å². The largest absolute Gasteiger partial charge is 0.481 e. The quantitative estimate of drug-likeness (QED) is 0.825. The number of hydrogen-bond donors (Lipinski definition) is 0. The number of benzene rings is 1. The molecule has 0 aliphatic carbocycles. The smallest absolute Gasteiger partial charge is 0.263 e. The summed E-state index contributed by atoms with van der Waals surface area (Å²) in [6.45, 7) is 4.77. The van der Waals surface area contributed by atoms with Crippen LogP contribution >= 0.6 is 11.6 Å². The van der Waals surface area contributed by atoms with Gasteiger partial charge in [-0.3, -0.25) is 9.59 Å². The summed E-state index contributed by atoms with van der Waals surface area (Å²) in [6, 6.07) is 7.05. The number of piperidine rings is 1. The second-order valence-electron chi connectivity index (χ2n) is 6.85. The zero-order valence-electron chi connectivity index (χ0n) is 14.6. The third-order valence-corrected chi connectivity index (χ3v) is 5.27. The number of rotatable bonds is 4. The molecule has 1 atom stereocenters. The molecule has 2 fully saturated rings. The average molecular weight is 365 g/mol. The fourth-order valence-electron chi connectivity index (χ4n) is 3.59. The van der Waals surface area contributed by atoms with Crippen molar-refractivity contribution in [3.8, 4) is 5.75 Å². The van der Waals surface area contributed by atoms with Crippen molar-refractivity contribution < 1.29 is 14.3 Å². The van der Waals surface area contributed by atoms with E-state index in [0.29, 0.717) is 23.9 Å². The average Bonchev–Trinajstić information content (AvgIpc) is 3.15. The molecule has 0 aromatic heterocycles. The summed E-state index contributed by atoms with van der Waals surface area (Å²) in [7, 11) is 0. The highest BCUT2D eigenvalue weighted by atomic mass is 35.5. The first-order chi connectivity index (χ1) is 12.0. The van der Waals surface area contributed by atoms with Crippen LogP contribution in [0.1, 0.15) is 32.6 Å². The molecular weight excluding hydrogens is 340 g/mol. The molecule has 0 bridgehead atoms. The normalized spacial score (nSPS) is 19.8. The number of halogens is 1. The highest BCUT2D eigenvalue weighted by Crippen LogP contribution is 2.23. The van der Waals surface area contributed by atoms with E-state index >= 15 is 0 Å². The molecule has 0 radical (unpaired) electrons. The highest BCUT2D eigenvalue weighted by molar-refractivity contribution is 6.30. The van der Waals surface area contributed by atoms with Crippen molar-refractivity contribution in [1.82, 2.24) is 9.80 Å². The summed E-state index contributed by atoms with van der Waals surface area (Å²) < 4.78 is 5.71. The molecule has 2 aliphatic rings. The standard InChI is InChI=1S/C19H25ClN2O3/c1-14(25-17-6-4-5-16(20)13-17)18(23)22-11-7-15(8-12-22)19(24)21-9-2-3-10-21/h4-6,13-15H,2-3,7-12H2,1H3. The molecule has 2 amide bonds. The number of carbonyl (C=O) groups excluding carboxylic acids is 2. The number of carbonyl (C=O) groups is 2. The molecule has 0 spiro atoms. The van der Waals surface area contributed by atoms with Gasteiger partial charge < -0.3 is 14.5 Å². The van der Waals surface area contributed by atoms with Gasteiger partial charge in [-0.1, -0.05) is 17.7 Å². The Morgan fingerprint density at radius 1 is 1.12 bits per heavy atom. The number of amides is 2. The number of ether oxygens (including phenoxy) is 1. The van der Waals surface area contributed by atoms with Gasteiger partial charge in [-0.25, -0.2) is 0 Å². The minimum Gasteiger partial charge on any atom is -0.481 e. The maximum Gasteiger partial charge on any atom is 0.263 e. The van der Waals surface area contributed by atoms with Gasteiger partial charge in [0.15, 0.2) is 6.10 Å². The van der Waals surface area contributed by atoms with E-state index in [1.54, 1.807) is 31.2 Å². The van der Waals surface area contributed by atoms with Crippen molar-refractivity contribution in [3.63, 3.8) is 0 Å². The molecule has 1 aromatic rings. The minimum absolute atomic E-state index is 0.0351. The van der Waals surface area contributed by atoms with E-state index < -0.39 is 6.10 Å². The first-order valence-electron chi connectivity index (χ1n) is 9.04. The lowest BCUT2D eigenvalue weighted by Crippen LogP contribution is -2.47. The lowest BCUT2D eigenvalue weighted by atomic mass is 9.95. The maximum atomic E-state index is 12.6. The van der Waals surface area contributed by atoms with Crippen molar-refractivity contribution in [3.05, 3.63) is 29.3 Å². The molecule has 1 aromatic carbocycles. The summed E-state index contributed by atoms with van der Waals surface area (Å²) >= 11 is 5.94. The Morgan fingerprint density at radius 2 is 1.80 bits per heavy atom. The molecule has 3 rings (SSSR count). The Balaban J connectivity index is 1.49. The Bertz CT molecular complexity index is 623. The SMILES string of the molecule is CC(Oc1cccc(Cl)c1)C(=O)N1CCC(C(=O)N2CCCC2)CC1. The first kappa shape index (κ1) is 18.1. The fourth-order valence-corrected chi connectivity index (χ4v) is 3.77. The molecular formula is C19H25ClN2O3. The van der Waals surface area contributed by atoms with Crippen LogP contribution in [0.5, 0.6) is 5.75 Å². The fraction of sp³-hybridized carbons (Fsp3) is 0.579. The van der Waals surface area contributed by atoms with Gasteiger partial charge in [0.1, 0.15) is 5.75 Å². The van der Waals surface area contributed by atoms with Gasteiger partial charge in [-0.05, 0) is 50.8 Å². The van der Waals surface area contributed by atoms with Gasteiger partial charge in [0, 0.05) is 37.1 Å². The summed E-state index contributed by atoms with van der Waals surface area (Å²) in [5, 5.41) is 0.582. The van der Waals surface area contributed by atoms with Gasteiger partial charge in [0.25, 0.3) is 5.91 Å². The lowest BCUT2D eigenvalue weighted by molar-refractivity contribution is -0.143. The van der Waals surface area contributed by atoms with Crippen molar-refractivity contribution in [2.24, 2.45) is 5.92 Å². The summed E-state index contributed by atoms with van der Waals surface area (Å²) in [5.41, 5.74) is 0. The van der Waals surface area contributed by atoms with E-state index in [0.717, 1.165) is 38.8 Å². The second kappa shape index (κ2) is 8.09. The minimum atomic E-state index is -0.565. The predicted octanol–water partition coefficient (Wildman–Crippen LogP) is 2.97. The molecule has 0 N–H and O–H groups in total. The van der Waals surface area contributed by atoms with Gasteiger partial charge >= 0.3 is 0 Å². The van der Waals surface area contributed by atoms with Crippen LogP contribution in [-0.2, 0) is 9.59 Å². The molecule has 2 heterocycles. The first-order valence-corrected chi connectivity index (χ1v) is 9.42. The zero-order chi connectivity index (χ0) is 17.8. The van der Waals surface area contributed by atoms with E-state index in [9.17, 15) is 9.59 Å². The third kappa shape index (κ3) is 4.46. The molecule has 2 saturated heterocycles. The lowest BCUT2D eigenvalue weighted by Gasteiger charge is -2.34. The van der Waals surface area contributed by atoms with Crippen molar-refractivity contribution in [1.29, 1.82) is 0 Å². The van der Waals surface area contributed by atoms with Crippen LogP contribution in [0.3, 0.4) is 0 Å². The van der Waals surface area contributed by atoms with E-state index in [4.69, 9.17) is 16.3 Å². The Labute approximate surface area is 153 Å². The van der Waals surface area contributed by atoms with Crippen LogP contribution in [0.4, 0.5) is 0 Å². The maximum absolute atomic E-state index is 12.6. The van der Waals surface area contributed by atoms with E-state index in [1.165, 1.54) is 0 Å². The van der Waals surface area contributed by atoms with Crippen LogP contribution < -0.4 is 4.74 Å². The van der Waals surface area contributed by atoms with Crippen LogP contribution in [0.15, 0.2) is 24.3 Å². The zero-order valence-corrected chi connectivity index (χ0v) is 15.4. The van der Waals surface area contributed by atoms with Crippen molar-refractivity contribution in [2.45, 2.75) is 38.7 Å². The molecule has 136 valence electrons. The van der Waals surface area contributed by atoms with E-state index in [-0.39, 0.29) is 17.7 Å². The second-order valence-corrected chi connectivity index (χ2v) is 7.29. The molecule has 6 heteroatoms. The van der Waals surface area contributed by atoms with Crippen LogP contribution in [0, 0.1) is 5.92 Å². The van der Waals surface area contributed by atoms with Crippen LogP contribution in [0.2, 0.25) is 5.02 Å². The summed E-state index contributed by atoms with van der Waals surface area (Å²) in [4.78, 5) is 28.8. The monoisotopic (exact) mass is 364 g/mol. The number of nitrogens with zero attached hydrogens (tertiary/aromatic N) is 2. The van der Waals surface area contributed by atoms with Crippen molar-refractivity contribution in [2.75, 3.05) is 26.2 Å². The Kier molecular flexibility index (Phi) is 5.84. The van der Waals surface area contributed by atoms with E-state index in [1.807, 2.05) is 9.80 Å². The van der Waals surface area contributed by atoms with Crippen LogP contribution in [0.25, 0.3) is 0 Å². The third-order valence-electron chi connectivity index (χ3n) is 5.03. The van der Waals surface area contributed by atoms with Crippen LogP contribution in [-0.4, -0.2) is 53.9 Å². The Hall–Kier alpha value is -1.75. The number of hydrogen-bond acceptors (Lipinski definition) is 3. The highest BCUT2D eigenvalue weighted by Gasteiger charge is 2.32. The molecule has 2 aliphatic heterocycles. The topological polar surface area (TPSA) is 49.9 Å². The van der Waals surface area contributed by atoms with Gasteiger partial charge in [-0.15, -0.1) is 0 Å². The summed E-state index contributed by atoms with van der Waals surface area (Å²) in [5.74, 6) is 0.888. The number of likely N-dealkylation sites (tertiary alicyclic amines) is 2. The molecule has 25 heavy (non-hydrogen) atoms. The Morgan fingerprint density at radius 3 is 2.44 bits per heavy atom.